The minimum Gasteiger partial charge on any atom is -0.304 e. The summed E-state index contributed by atoms with van der Waals surface area (Å²) in [6.45, 7) is 4.26. The minimum absolute atomic E-state index is 0.0230. The second kappa shape index (κ2) is 5.17. The van der Waals surface area contributed by atoms with Crippen molar-refractivity contribution in [1.82, 2.24) is 4.57 Å². The topological polar surface area (TPSA) is 22.0 Å². The van der Waals surface area contributed by atoms with Crippen molar-refractivity contribution in [2.24, 2.45) is 0 Å². The van der Waals surface area contributed by atoms with Gasteiger partial charge in [-0.05, 0) is 23.1 Å². The lowest BCUT2D eigenvalue weighted by atomic mass is 10.0. The monoisotopic (exact) mass is 261 g/mol. The number of para-hydroxylation sites is 1. The summed E-state index contributed by atoms with van der Waals surface area (Å²) in [7, 11) is 0. The second-order valence-corrected chi connectivity index (χ2v) is 4.69. The van der Waals surface area contributed by atoms with Crippen LogP contribution in [0, 0.1) is 0 Å². The number of hydrogen-bond acceptors (Lipinski definition) is 1. The van der Waals surface area contributed by atoms with Crippen LogP contribution in [-0.2, 0) is 6.54 Å². The SMILES string of the molecule is C=CCn1c(=O)c(-c2ccccc2)cc2ccccc21. The fourth-order valence-electron chi connectivity index (χ4n) is 2.46. The summed E-state index contributed by atoms with van der Waals surface area (Å²) in [5.74, 6) is 0. The highest BCUT2D eigenvalue weighted by atomic mass is 16.1. The zero-order valence-corrected chi connectivity index (χ0v) is 11.1. The molecular formula is C18H15NO. The molecule has 0 amide bonds. The Morgan fingerprint density at radius 3 is 2.45 bits per heavy atom. The van der Waals surface area contributed by atoms with E-state index < -0.39 is 0 Å². The van der Waals surface area contributed by atoms with Crippen molar-refractivity contribution < 1.29 is 0 Å². The van der Waals surface area contributed by atoms with Crippen molar-refractivity contribution in [2.45, 2.75) is 6.54 Å². The van der Waals surface area contributed by atoms with Crippen LogP contribution in [0.5, 0.6) is 0 Å². The first kappa shape index (κ1) is 12.4. The van der Waals surface area contributed by atoms with Crippen LogP contribution in [0.2, 0.25) is 0 Å². The maximum atomic E-state index is 12.7. The number of nitrogens with zero attached hydrogens (tertiary/aromatic N) is 1. The van der Waals surface area contributed by atoms with Crippen LogP contribution in [-0.4, -0.2) is 4.57 Å². The van der Waals surface area contributed by atoms with Gasteiger partial charge in [-0.25, -0.2) is 0 Å². The van der Waals surface area contributed by atoms with Crippen molar-refractivity contribution in [3.8, 4) is 11.1 Å². The number of aromatic nitrogens is 1. The second-order valence-electron chi connectivity index (χ2n) is 4.69. The fraction of sp³-hybridized carbons (Fsp3) is 0.0556. The van der Waals surface area contributed by atoms with Crippen LogP contribution in [0.4, 0.5) is 0 Å². The molecule has 0 saturated carbocycles. The quantitative estimate of drug-likeness (QED) is 0.656. The van der Waals surface area contributed by atoms with E-state index in [9.17, 15) is 4.79 Å². The van der Waals surface area contributed by atoms with Gasteiger partial charge in [-0.1, -0.05) is 54.6 Å². The number of fused-ring (bicyclic) bond motifs is 1. The van der Waals surface area contributed by atoms with E-state index in [4.69, 9.17) is 0 Å². The van der Waals surface area contributed by atoms with Gasteiger partial charge in [0.05, 0.1) is 5.52 Å². The summed E-state index contributed by atoms with van der Waals surface area (Å²) in [5.41, 5.74) is 2.64. The smallest absolute Gasteiger partial charge is 0.259 e. The zero-order valence-electron chi connectivity index (χ0n) is 11.1. The first-order valence-corrected chi connectivity index (χ1v) is 6.60. The van der Waals surface area contributed by atoms with Gasteiger partial charge in [-0.2, -0.15) is 0 Å². The van der Waals surface area contributed by atoms with E-state index in [1.54, 1.807) is 10.6 Å². The molecular weight excluding hydrogens is 246 g/mol. The summed E-state index contributed by atoms with van der Waals surface area (Å²) in [6, 6.07) is 19.7. The Bertz CT molecular complexity index is 816. The molecule has 0 spiro atoms. The van der Waals surface area contributed by atoms with Gasteiger partial charge in [0.25, 0.3) is 5.56 Å². The summed E-state index contributed by atoms with van der Waals surface area (Å²) < 4.78 is 1.77. The van der Waals surface area contributed by atoms with E-state index in [2.05, 4.69) is 6.58 Å². The molecule has 2 heteroatoms. The minimum atomic E-state index is 0.0230. The maximum absolute atomic E-state index is 12.7. The molecule has 0 aliphatic rings. The van der Waals surface area contributed by atoms with Crippen LogP contribution in [0.3, 0.4) is 0 Å². The Morgan fingerprint density at radius 2 is 1.70 bits per heavy atom. The van der Waals surface area contributed by atoms with Crippen molar-refractivity contribution >= 4 is 10.9 Å². The molecule has 0 aliphatic carbocycles. The van der Waals surface area contributed by atoms with Gasteiger partial charge in [-0.3, -0.25) is 4.79 Å². The molecule has 0 atom stereocenters. The third kappa shape index (κ3) is 2.05. The molecule has 0 radical (unpaired) electrons. The van der Waals surface area contributed by atoms with Gasteiger partial charge in [0.15, 0.2) is 0 Å². The average molecular weight is 261 g/mol. The van der Waals surface area contributed by atoms with E-state index in [0.717, 1.165) is 22.0 Å². The van der Waals surface area contributed by atoms with Crippen molar-refractivity contribution in [3.05, 3.63) is 83.7 Å². The van der Waals surface area contributed by atoms with E-state index in [1.807, 2.05) is 60.7 Å². The van der Waals surface area contributed by atoms with Gasteiger partial charge >= 0.3 is 0 Å². The molecule has 98 valence electrons. The predicted octanol–water partition coefficient (Wildman–Crippen LogP) is 3.85. The lowest BCUT2D eigenvalue weighted by Crippen LogP contribution is -2.21. The van der Waals surface area contributed by atoms with Crippen molar-refractivity contribution in [1.29, 1.82) is 0 Å². The van der Waals surface area contributed by atoms with Crippen molar-refractivity contribution in [3.63, 3.8) is 0 Å². The lowest BCUT2D eigenvalue weighted by molar-refractivity contribution is 0.820. The van der Waals surface area contributed by atoms with E-state index in [1.165, 1.54) is 0 Å². The Balaban J connectivity index is 2.37. The predicted molar refractivity (Wildman–Crippen MR) is 83.8 cm³/mol. The molecule has 0 aliphatic heterocycles. The number of rotatable bonds is 3. The molecule has 3 aromatic rings. The van der Waals surface area contributed by atoms with Gasteiger partial charge < -0.3 is 4.57 Å². The van der Waals surface area contributed by atoms with Crippen LogP contribution < -0.4 is 5.56 Å². The fourth-order valence-corrected chi connectivity index (χ4v) is 2.46. The molecule has 0 fully saturated rings. The van der Waals surface area contributed by atoms with Crippen molar-refractivity contribution in [2.75, 3.05) is 0 Å². The third-order valence-corrected chi connectivity index (χ3v) is 3.40. The van der Waals surface area contributed by atoms with Gasteiger partial charge in [0.1, 0.15) is 0 Å². The standard InChI is InChI=1S/C18H15NO/c1-2-12-19-17-11-7-6-10-15(17)13-16(18(19)20)14-8-4-3-5-9-14/h2-11,13H,1,12H2. The highest BCUT2D eigenvalue weighted by Crippen LogP contribution is 2.20. The summed E-state index contributed by atoms with van der Waals surface area (Å²) in [5, 5.41) is 1.06. The van der Waals surface area contributed by atoms with Crippen LogP contribution in [0.15, 0.2) is 78.1 Å². The molecule has 0 saturated heterocycles. The molecule has 2 aromatic carbocycles. The number of pyridine rings is 1. The first-order chi connectivity index (χ1) is 9.81. The Hall–Kier alpha value is -2.61. The third-order valence-electron chi connectivity index (χ3n) is 3.40. The molecule has 1 heterocycles. The molecule has 3 rings (SSSR count). The summed E-state index contributed by atoms with van der Waals surface area (Å²) in [4.78, 5) is 12.7. The normalized spacial score (nSPS) is 10.6. The molecule has 20 heavy (non-hydrogen) atoms. The Morgan fingerprint density at radius 1 is 1.00 bits per heavy atom. The number of allylic oxidation sites excluding steroid dienone is 1. The van der Waals surface area contributed by atoms with E-state index in [-0.39, 0.29) is 5.56 Å². The molecule has 0 N–H and O–H groups in total. The van der Waals surface area contributed by atoms with Crippen LogP contribution >= 0.6 is 0 Å². The Kier molecular flexibility index (Phi) is 3.21. The van der Waals surface area contributed by atoms with Gasteiger partial charge in [-0.15, -0.1) is 6.58 Å². The molecule has 0 unspecified atom stereocenters. The maximum Gasteiger partial charge on any atom is 0.259 e. The van der Waals surface area contributed by atoms with Crippen LogP contribution in [0.1, 0.15) is 0 Å². The lowest BCUT2D eigenvalue weighted by Gasteiger charge is -2.11. The number of benzene rings is 2. The Labute approximate surface area is 117 Å². The van der Waals surface area contributed by atoms with E-state index in [0.29, 0.717) is 6.54 Å². The first-order valence-electron chi connectivity index (χ1n) is 6.60. The zero-order chi connectivity index (χ0) is 13.9. The average Bonchev–Trinajstić information content (AvgIpc) is 2.51. The highest BCUT2D eigenvalue weighted by molar-refractivity contribution is 5.84. The van der Waals surface area contributed by atoms with E-state index >= 15 is 0 Å². The summed E-state index contributed by atoms with van der Waals surface area (Å²) in [6.07, 6.45) is 1.75. The van der Waals surface area contributed by atoms with Gasteiger partial charge in [0.2, 0.25) is 0 Å². The largest absolute Gasteiger partial charge is 0.304 e. The van der Waals surface area contributed by atoms with Gasteiger partial charge in [0, 0.05) is 12.1 Å². The summed E-state index contributed by atoms with van der Waals surface area (Å²) >= 11 is 0. The van der Waals surface area contributed by atoms with Crippen LogP contribution in [0.25, 0.3) is 22.0 Å². The highest BCUT2D eigenvalue weighted by Gasteiger charge is 2.09. The number of hydrogen-bond donors (Lipinski definition) is 0. The molecule has 2 nitrogen and oxygen atoms in total. The molecule has 1 aromatic heterocycles. The molecule has 0 bridgehead atoms.